The number of benzene rings is 1. The van der Waals surface area contributed by atoms with Crippen molar-refractivity contribution in [1.82, 2.24) is 10.3 Å². The number of hydrogen-bond donors (Lipinski definition) is 2. The number of rotatable bonds is 9. The predicted octanol–water partition coefficient (Wildman–Crippen LogP) is 4.81. The van der Waals surface area contributed by atoms with E-state index in [1.54, 1.807) is 58.0 Å². The zero-order valence-corrected chi connectivity index (χ0v) is 17.7. The van der Waals surface area contributed by atoms with Gasteiger partial charge in [-0.2, -0.15) is 0 Å². The summed E-state index contributed by atoms with van der Waals surface area (Å²) in [6.45, 7) is 8.10. The molecule has 9 nitrogen and oxygen atoms in total. The third kappa shape index (κ3) is 7.57. The molecule has 0 aliphatic heterocycles. The molecule has 0 saturated carbocycles. The molecule has 1 heterocycles. The second kappa shape index (κ2) is 10.4. The van der Waals surface area contributed by atoms with Crippen LogP contribution in [0.15, 0.2) is 36.4 Å². The second-order valence-electron chi connectivity index (χ2n) is 7.70. The lowest BCUT2D eigenvalue weighted by Gasteiger charge is -2.19. The maximum atomic E-state index is 11.7. The number of unbranched alkanes of at least 4 members (excludes halogenated alkanes) is 1. The first-order valence-electron chi connectivity index (χ1n) is 9.75. The molecule has 0 aliphatic carbocycles. The van der Waals surface area contributed by atoms with Crippen LogP contribution in [0.1, 0.15) is 39.3 Å². The van der Waals surface area contributed by atoms with Gasteiger partial charge in [-0.15, -0.1) is 0 Å². The van der Waals surface area contributed by atoms with Gasteiger partial charge in [0.2, 0.25) is 0 Å². The quantitative estimate of drug-likeness (QED) is 0.342. The van der Waals surface area contributed by atoms with Gasteiger partial charge < -0.3 is 20.1 Å². The van der Waals surface area contributed by atoms with E-state index >= 15 is 0 Å². The SMILES string of the molecule is Cc1cc(NCCCCNC(=O)OC(C)(C)C)c([N+](=O)[O-])c(Oc2ccccc2)n1. The van der Waals surface area contributed by atoms with Crippen LogP contribution in [0.25, 0.3) is 0 Å². The zero-order chi connectivity index (χ0) is 22.1. The van der Waals surface area contributed by atoms with Gasteiger partial charge in [0.15, 0.2) is 0 Å². The Balaban J connectivity index is 1.94. The molecule has 0 bridgehead atoms. The van der Waals surface area contributed by atoms with Crippen LogP contribution in [0, 0.1) is 17.0 Å². The molecule has 1 aromatic carbocycles. The number of ether oxygens (including phenoxy) is 2. The highest BCUT2D eigenvalue weighted by atomic mass is 16.6. The summed E-state index contributed by atoms with van der Waals surface area (Å²) in [5.74, 6) is 0.415. The van der Waals surface area contributed by atoms with Crippen LogP contribution in [0.3, 0.4) is 0 Å². The van der Waals surface area contributed by atoms with Gasteiger partial charge in [0.25, 0.3) is 0 Å². The number of carbonyl (C=O) groups is 1. The van der Waals surface area contributed by atoms with Crippen molar-refractivity contribution in [2.45, 2.75) is 46.1 Å². The molecule has 30 heavy (non-hydrogen) atoms. The number of pyridine rings is 1. The topological polar surface area (TPSA) is 116 Å². The number of carbonyl (C=O) groups excluding carboxylic acids is 1. The zero-order valence-electron chi connectivity index (χ0n) is 17.7. The van der Waals surface area contributed by atoms with Crippen LogP contribution in [-0.4, -0.2) is 34.7 Å². The van der Waals surface area contributed by atoms with Gasteiger partial charge in [-0.05, 0) is 58.7 Å². The largest absolute Gasteiger partial charge is 0.444 e. The molecule has 0 aliphatic rings. The summed E-state index contributed by atoms with van der Waals surface area (Å²) in [6, 6.07) is 10.4. The van der Waals surface area contributed by atoms with Gasteiger partial charge in [-0.25, -0.2) is 9.78 Å². The minimum atomic E-state index is -0.538. The van der Waals surface area contributed by atoms with Crippen molar-refractivity contribution in [3.05, 3.63) is 52.2 Å². The summed E-state index contributed by atoms with van der Waals surface area (Å²) >= 11 is 0. The second-order valence-corrected chi connectivity index (χ2v) is 7.70. The monoisotopic (exact) mass is 416 g/mol. The van der Waals surface area contributed by atoms with Crippen molar-refractivity contribution in [1.29, 1.82) is 0 Å². The third-order valence-corrected chi connectivity index (χ3v) is 3.82. The molecule has 162 valence electrons. The first kappa shape index (κ1) is 22.9. The molecule has 2 N–H and O–H groups in total. The molecular formula is C21H28N4O5. The minimum absolute atomic E-state index is 0.0553. The standard InChI is InChI=1S/C21H28N4O5/c1-15-14-17(22-12-8-9-13-23-20(26)30-21(2,3)4)18(25(27)28)19(24-15)29-16-10-6-5-7-11-16/h5-7,10-11,14H,8-9,12-13H2,1-4H3,(H,22,24)(H,23,26). The summed E-state index contributed by atoms with van der Waals surface area (Å²) in [4.78, 5) is 27.0. The van der Waals surface area contributed by atoms with Crippen LogP contribution in [0.2, 0.25) is 0 Å². The van der Waals surface area contributed by atoms with Crippen LogP contribution in [0.4, 0.5) is 16.2 Å². The number of alkyl carbamates (subject to hydrolysis) is 1. The highest BCUT2D eigenvalue weighted by Gasteiger charge is 2.24. The Morgan fingerprint density at radius 1 is 1.17 bits per heavy atom. The van der Waals surface area contributed by atoms with Gasteiger partial charge in [-0.1, -0.05) is 18.2 Å². The van der Waals surface area contributed by atoms with Gasteiger partial charge in [-0.3, -0.25) is 10.1 Å². The molecule has 2 rings (SSSR count). The number of hydrogen-bond acceptors (Lipinski definition) is 7. The number of anilines is 1. The number of nitrogens with zero attached hydrogens (tertiary/aromatic N) is 2. The average Bonchev–Trinajstić information content (AvgIpc) is 2.63. The summed E-state index contributed by atoms with van der Waals surface area (Å²) in [5, 5.41) is 17.4. The maximum absolute atomic E-state index is 11.7. The van der Waals surface area contributed by atoms with E-state index in [9.17, 15) is 14.9 Å². The normalized spacial score (nSPS) is 10.9. The van der Waals surface area contributed by atoms with Crippen LogP contribution in [-0.2, 0) is 4.74 Å². The van der Waals surface area contributed by atoms with Gasteiger partial charge in [0, 0.05) is 18.8 Å². The molecule has 0 saturated heterocycles. The molecule has 1 amide bonds. The molecule has 0 fully saturated rings. The van der Waals surface area contributed by atoms with E-state index in [-0.39, 0.29) is 11.6 Å². The molecular weight excluding hydrogens is 388 g/mol. The minimum Gasteiger partial charge on any atom is -0.444 e. The van der Waals surface area contributed by atoms with Gasteiger partial charge >= 0.3 is 17.7 Å². The fourth-order valence-electron chi connectivity index (χ4n) is 2.60. The Morgan fingerprint density at radius 2 is 1.83 bits per heavy atom. The summed E-state index contributed by atoms with van der Waals surface area (Å²) < 4.78 is 10.8. The number of amides is 1. The highest BCUT2D eigenvalue weighted by molar-refractivity contribution is 5.68. The first-order valence-corrected chi connectivity index (χ1v) is 9.75. The number of nitrogens with one attached hydrogen (secondary N) is 2. The Bertz CT molecular complexity index is 866. The highest BCUT2D eigenvalue weighted by Crippen LogP contribution is 2.36. The molecule has 9 heteroatoms. The van der Waals surface area contributed by atoms with Crippen molar-refractivity contribution < 1.29 is 19.2 Å². The van der Waals surface area contributed by atoms with E-state index in [4.69, 9.17) is 9.47 Å². The fraction of sp³-hybridized carbons (Fsp3) is 0.429. The van der Waals surface area contributed by atoms with Gasteiger partial charge in [0.05, 0.1) is 4.92 Å². The average molecular weight is 416 g/mol. The van der Waals surface area contributed by atoms with E-state index in [1.165, 1.54) is 0 Å². The lowest BCUT2D eigenvalue weighted by molar-refractivity contribution is -0.385. The van der Waals surface area contributed by atoms with Crippen molar-refractivity contribution in [2.24, 2.45) is 0 Å². The van der Waals surface area contributed by atoms with Crippen LogP contribution >= 0.6 is 0 Å². The Hall–Kier alpha value is -3.36. The molecule has 1 aromatic heterocycles. The number of aromatic nitrogens is 1. The Labute approximate surface area is 175 Å². The van der Waals surface area contributed by atoms with Crippen LogP contribution < -0.4 is 15.4 Å². The van der Waals surface area contributed by atoms with Crippen molar-refractivity contribution in [3.63, 3.8) is 0 Å². The maximum Gasteiger partial charge on any atom is 0.407 e. The van der Waals surface area contributed by atoms with E-state index < -0.39 is 16.6 Å². The first-order chi connectivity index (χ1) is 14.2. The van der Waals surface area contributed by atoms with E-state index in [1.807, 2.05) is 6.07 Å². The molecule has 2 aromatic rings. The van der Waals surface area contributed by atoms with Crippen LogP contribution in [0.5, 0.6) is 11.6 Å². The number of para-hydroxylation sites is 1. The Morgan fingerprint density at radius 3 is 2.47 bits per heavy atom. The molecule has 0 atom stereocenters. The van der Waals surface area contributed by atoms with Gasteiger partial charge in [0.1, 0.15) is 17.0 Å². The summed E-state index contributed by atoms with van der Waals surface area (Å²) in [5.41, 5.74) is 0.194. The van der Waals surface area contributed by atoms with E-state index in [2.05, 4.69) is 15.6 Å². The molecule has 0 spiro atoms. The smallest absolute Gasteiger partial charge is 0.407 e. The van der Waals surface area contributed by atoms with E-state index in [0.29, 0.717) is 43.1 Å². The van der Waals surface area contributed by atoms with Crippen molar-refractivity contribution in [3.8, 4) is 11.6 Å². The summed E-state index contributed by atoms with van der Waals surface area (Å²) in [7, 11) is 0. The van der Waals surface area contributed by atoms with E-state index in [0.717, 1.165) is 0 Å². The number of nitro groups is 1. The van der Waals surface area contributed by atoms with Crippen molar-refractivity contribution >= 4 is 17.5 Å². The predicted molar refractivity (Wildman–Crippen MR) is 114 cm³/mol. The number of aryl methyl sites for hydroxylation is 1. The van der Waals surface area contributed by atoms with Crippen molar-refractivity contribution in [2.75, 3.05) is 18.4 Å². The Kier molecular flexibility index (Phi) is 7.97. The third-order valence-electron chi connectivity index (χ3n) is 3.82. The molecule has 0 radical (unpaired) electrons. The lowest BCUT2D eigenvalue weighted by atomic mass is 10.2. The summed E-state index contributed by atoms with van der Waals surface area (Å²) in [6.07, 6.45) is 0.930. The fourth-order valence-corrected chi connectivity index (χ4v) is 2.60. The molecule has 0 unspecified atom stereocenters. The lowest BCUT2D eigenvalue weighted by Crippen LogP contribution is -2.33.